The van der Waals surface area contributed by atoms with Crippen LogP contribution in [0.25, 0.3) is 0 Å². The molecular weight excluding hydrogens is 329 g/mol. The smallest absolute Gasteiger partial charge is 0.188 e. The first-order valence-corrected chi connectivity index (χ1v) is 6.44. The Bertz CT molecular complexity index is 208. The normalized spacial score (nSPS) is 16.2. The standard InChI is InChI=1S/C12H25N3O.HI/c1-2-16-9-4-3-8-14-12(13)15-10-11-6-5-7-11;/h11H,2-10H2,1H3,(H3,13,14,15);1H. The Morgan fingerprint density at radius 2 is 2.18 bits per heavy atom. The van der Waals surface area contributed by atoms with Crippen molar-refractivity contribution in [1.82, 2.24) is 5.32 Å². The van der Waals surface area contributed by atoms with Crippen LogP contribution >= 0.6 is 24.0 Å². The molecule has 0 saturated heterocycles. The number of rotatable bonds is 8. The Morgan fingerprint density at radius 3 is 2.76 bits per heavy atom. The van der Waals surface area contributed by atoms with E-state index in [-0.39, 0.29) is 24.0 Å². The van der Waals surface area contributed by atoms with Crippen molar-refractivity contribution in [2.75, 3.05) is 26.3 Å². The molecular formula is C12H26IN3O. The van der Waals surface area contributed by atoms with Gasteiger partial charge in [-0.2, -0.15) is 0 Å². The highest BCUT2D eigenvalue weighted by Crippen LogP contribution is 2.26. The third kappa shape index (κ3) is 8.65. The number of nitrogens with two attached hydrogens (primary N) is 1. The molecule has 17 heavy (non-hydrogen) atoms. The summed E-state index contributed by atoms with van der Waals surface area (Å²) < 4.78 is 5.25. The topological polar surface area (TPSA) is 59.6 Å². The summed E-state index contributed by atoms with van der Waals surface area (Å²) in [5.41, 5.74) is 5.75. The zero-order chi connectivity index (χ0) is 11.6. The molecule has 1 rings (SSSR count). The highest BCUT2D eigenvalue weighted by molar-refractivity contribution is 14.0. The molecule has 0 bridgehead atoms. The second kappa shape index (κ2) is 11.1. The maximum Gasteiger partial charge on any atom is 0.188 e. The van der Waals surface area contributed by atoms with Crippen molar-refractivity contribution in [2.45, 2.75) is 39.0 Å². The molecule has 0 amide bonds. The van der Waals surface area contributed by atoms with Crippen molar-refractivity contribution in [3.8, 4) is 0 Å². The molecule has 0 aromatic carbocycles. The largest absolute Gasteiger partial charge is 0.382 e. The number of hydrogen-bond donors (Lipinski definition) is 2. The van der Waals surface area contributed by atoms with Crippen molar-refractivity contribution in [2.24, 2.45) is 16.6 Å². The number of hydrogen-bond acceptors (Lipinski definition) is 2. The predicted octanol–water partition coefficient (Wildman–Crippen LogP) is 2.13. The predicted molar refractivity (Wildman–Crippen MR) is 83.0 cm³/mol. The zero-order valence-electron chi connectivity index (χ0n) is 10.8. The molecule has 0 aromatic heterocycles. The summed E-state index contributed by atoms with van der Waals surface area (Å²) in [5.74, 6) is 1.39. The van der Waals surface area contributed by atoms with E-state index in [4.69, 9.17) is 10.5 Å². The summed E-state index contributed by atoms with van der Waals surface area (Å²) in [6.45, 7) is 5.46. The third-order valence-corrected chi connectivity index (χ3v) is 2.97. The van der Waals surface area contributed by atoms with Crippen LogP contribution in [0.3, 0.4) is 0 Å². The Labute approximate surface area is 122 Å². The van der Waals surface area contributed by atoms with Crippen LogP contribution in [0.4, 0.5) is 0 Å². The number of unbranched alkanes of at least 4 members (excludes halogenated alkanes) is 1. The first-order valence-electron chi connectivity index (χ1n) is 6.44. The van der Waals surface area contributed by atoms with Crippen LogP contribution in [-0.2, 0) is 4.74 Å². The molecule has 5 heteroatoms. The summed E-state index contributed by atoms with van der Waals surface area (Å²) in [4.78, 5) is 4.33. The van der Waals surface area contributed by atoms with Crippen molar-refractivity contribution in [1.29, 1.82) is 0 Å². The molecule has 0 unspecified atom stereocenters. The van der Waals surface area contributed by atoms with Gasteiger partial charge in [-0.05, 0) is 38.5 Å². The first kappa shape index (κ1) is 17.0. The van der Waals surface area contributed by atoms with Crippen LogP contribution in [0.5, 0.6) is 0 Å². The SMILES string of the molecule is CCOCCCCNC(N)=NCC1CCC1.I. The second-order valence-corrected chi connectivity index (χ2v) is 4.35. The lowest BCUT2D eigenvalue weighted by Crippen LogP contribution is -2.33. The highest BCUT2D eigenvalue weighted by Gasteiger charge is 2.16. The molecule has 0 heterocycles. The first-order chi connectivity index (χ1) is 7.83. The Hall–Kier alpha value is -0.0400. The Morgan fingerprint density at radius 1 is 1.41 bits per heavy atom. The quantitative estimate of drug-likeness (QED) is 0.304. The van der Waals surface area contributed by atoms with Gasteiger partial charge in [0.1, 0.15) is 0 Å². The van der Waals surface area contributed by atoms with E-state index >= 15 is 0 Å². The van der Waals surface area contributed by atoms with Gasteiger partial charge in [-0.1, -0.05) is 6.42 Å². The van der Waals surface area contributed by atoms with E-state index in [1.165, 1.54) is 19.3 Å². The van der Waals surface area contributed by atoms with E-state index in [2.05, 4.69) is 10.3 Å². The minimum Gasteiger partial charge on any atom is -0.382 e. The molecule has 3 N–H and O–H groups in total. The van der Waals surface area contributed by atoms with E-state index in [9.17, 15) is 0 Å². The fourth-order valence-corrected chi connectivity index (χ4v) is 1.65. The molecule has 102 valence electrons. The van der Waals surface area contributed by atoms with Gasteiger partial charge in [0, 0.05) is 26.3 Å². The number of nitrogens with zero attached hydrogens (tertiary/aromatic N) is 1. The number of halogens is 1. The fraction of sp³-hybridized carbons (Fsp3) is 0.917. The molecule has 0 aromatic rings. The van der Waals surface area contributed by atoms with E-state index in [1.54, 1.807) is 0 Å². The number of nitrogens with one attached hydrogen (secondary N) is 1. The lowest BCUT2D eigenvalue weighted by Gasteiger charge is -2.23. The van der Waals surface area contributed by atoms with Gasteiger partial charge >= 0.3 is 0 Å². The number of guanidine groups is 1. The molecule has 1 aliphatic rings. The van der Waals surface area contributed by atoms with Crippen molar-refractivity contribution in [3.05, 3.63) is 0 Å². The molecule has 0 aliphatic heterocycles. The number of aliphatic imine (C=N–C) groups is 1. The molecule has 4 nitrogen and oxygen atoms in total. The van der Waals surface area contributed by atoms with Crippen molar-refractivity contribution in [3.63, 3.8) is 0 Å². The van der Waals surface area contributed by atoms with Crippen LogP contribution < -0.4 is 11.1 Å². The monoisotopic (exact) mass is 355 g/mol. The van der Waals surface area contributed by atoms with Crippen LogP contribution in [-0.4, -0.2) is 32.3 Å². The van der Waals surface area contributed by atoms with Gasteiger partial charge in [0.05, 0.1) is 0 Å². The lowest BCUT2D eigenvalue weighted by molar-refractivity contribution is 0.143. The van der Waals surface area contributed by atoms with Gasteiger partial charge < -0.3 is 15.8 Å². The van der Waals surface area contributed by atoms with Gasteiger partial charge in [0.2, 0.25) is 0 Å². The summed E-state index contributed by atoms with van der Waals surface area (Å²) >= 11 is 0. The zero-order valence-corrected chi connectivity index (χ0v) is 13.1. The van der Waals surface area contributed by atoms with Crippen molar-refractivity contribution < 1.29 is 4.74 Å². The van der Waals surface area contributed by atoms with Gasteiger partial charge in [-0.25, -0.2) is 0 Å². The fourth-order valence-electron chi connectivity index (χ4n) is 1.65. The van der Waals surface area contributed by atoms with Gasteiger partial charge in [-0.3, -0.25) is 4.99 Å². The van der Waals surface area contributed by atoms with Gasteiger partial charge in [0.15, 0.2) is 5.96 Å². The second-order valence-electron chi connectivity index (χ2n) is 4.35. The van der Waals surface area contributed by atoms with Crippen molar-refractivity contribution >= 4 is 29.9 Å². The maximum absolute atomic E-state index is 5.75. The minimum absolute atomic E-state index is 0. The van der Waals surface area contributed by atoms with Gasteiger partial charge in [-0.15, -0.1) is 24.0 Å². The van der Waals surface area contributed by atoms with Crippen LogP contribution in [0.1, 0.15) is 39.0 Å². The summed E-state index contributed by atoms with van der Waals surface area (Å²) in [5, 5.41) is 3.14. The average Bonchev–Trinajstić information content (AvgIpc) is 2.21. The molecule has 1 saturated carbocycles. The van der Waals surface area contributed by atoms with E-state index in [0.717, 1.165) is 45.1 Å². The summed E-state index contributed by atoms with van der Waals surface area (Å²) in [6.07, 6.45) is 6.18. The Kier molecular flexibility index (Phi) is 11.0. The molecule has 0 spiro atoms. The Balaban J connectivity index is 0.00000256. The third-order valence-electron chi connectivity index (χ3n) is 2.97. The lowest BCUT2D eigenvalue weighted by atomic mass is 9.86. The molecule has 0 atom stereocenters. The number of ether oxygens (including phenoxy) is 1. The summed E-state index contributed by atoms with van der Waals surface area (Å²) in [6, 6.07) is 0. The van der Waals surface area contributed by atoms with E-state index in [0.29, 0.717) is 5.96 Å². The molecule has 1 aliphatic carbocycles. The van der Waals surface area contributed by atoms with E-state index < -0.39 is 0 Å². The van der Waals surface area contributed by atoms with Crippen LogP contribution in [0.15, 0.2) is 4.99 Å². The average molecular weight is 355 g/mol. The maximum atomic E-state index is 5.75. The van der Waals surface area contributed by atoms with Crippen LogP contribution in [0.2, 0.25) is 0 Å². The van der Waals surface area contributed by atoms with Gasteiger partial charge in [0.25, 0.3) is 0 Å². The molecule has 0 radical (unpaired) electrons. The summed E-state index contributed by atoms with van der Waals surface area (Å²) in [7, 11) is 0. The highest BCUT2D eigenvalue weighted by atomic mass is 127. The van der Waals surface area contributed by atoms with E-state index in [1.807, 2.05) is 6.92 Å². The molecule has 1 fully saturated rings. The minimum atomic E-state index is 0. The van der Waals surface area contributed by atoms with Crippen LogP contribution in [0, 0.1) is 5.92 Å².